The van der Waals surface area contributed by atoms with Crippen LogP contribution >= 0.6 is 0 Å². The summed E-state index contributed by atoms with van der Waals surface area (Å²) in [6.45, 7) is 3.62. The summed E-state index contributed by atoms with van der Waals surface area (Å²) in [5, 5.41) is 0. The van der Waals surface area contributed by atoms with Crippen molar-refractivity contribution in [3.8, 4) is 23.0 Å². The summed E-state index contributed by atoms with van der Waals surface area (Å²) in [5.74, 6) is 2.87. The maximum atomic E-state index is 5.90. The van der Waals surface area contributed by atoms with Crippen LogP contribution in [-0.4, -0.2) is 26.9 Å². The highest BCUT2D eigenvalue weighted by Crippen LogP contribution is 2.37. The minimum Gasteiger partial charge on any atom is -0.493 e. The molecule has 0 aromatic heterocycles. The predicted octanol–water partition coefficient (Wildman–Crippen LogP) is 3.21. The van der Waals surface area contributed by atoms with Gasteiger partial charge >= 0.3 is 0 Å². The van der Waals surface area contributed by atoms with Crippen molar-refractivity contribution in [3.63, 3.8) is 0 Å². The maximum absolute atomic E-state index is 5.90. The van der Waals surface area contributed by atoms with Gasteiger partial charge in [0.1, 0.15) is 13.2 Å². The molecule has 1 aliphatic rings. The number of nitrogens with two attached hydrogens (primary N) is 1. The fraction of sp³-hybridized carbons (Fsp3) is 0.263. The average Bonchev–Trinajstić information content (AvgIpc) is 2.63. The van der Waals surface area contributed by atoms with Crippen LogP contribution in [0.2, 0.25) is 0 Å². The van der Waals surface area contributed by atoms with E-state index in [0.717, 1.165) is 28.2 Å². The third-order valence-electron chi connectivity index (χ3n) is 3.79. The number of rotatable bonds is 5. The minimum absolute atomic E-state index is 0.551. The van der Waals surface area contributed by atoms with E-state index in [4.69, 9.17) is 24.7 Å². The highest BCUT2D eigenvalue weighted by Gasteiger charge is 2.15. The number of fused-ring (bicyclic) bond motifs is 1. The van der Waals surface area contributed by atoms with E-state index in [1.54, 1.807) is 13.3 Å². The zero-order valence-corrected chi connectivity index (χ0v) is 13.9. The molecule has 0 radical (unpaired) electrons. The van der Waals surface area contributed by atoms with E-state index >= 15 is 0 Å². The normalized spacial score (nSPS) is 13.5. The van der Waals surface area contributed by atoms with Gasteiger partial charge < -0.3 is 24.7 Å². The lowest BCUT2D eigenvalue weighted by Gasteiger charge is -2.20. The second kappa shape index (κ2) is 7.17. The summed E-state index contributed by atoms with van der Waals surface area (Å²) in [4.78, 5) is 0. The molecule has 0 aliphatic carbocycles. The Kier molecular flexibility index (Phi) is 4.79. The lowest BCUT2D eigenvalue weighted by atomic mass is 9.98. The molecule has 1 aliphatic heterocycles. The summed E-state index contributed by atoms with van der Waals surface area (Å²) in [6.07, 6.45) is 1.59. The molecule has 24 heavy (non-hydrogen) atoms. The van der Waals surface area contributed by atoms with Crippen molar-refractivity contribution in [1.29, 1.82) is 0 Å². The molecule has 0 atom stereocenters. The van der Waals surface area contributed by atoms with E-state index in [9.17, 15) is 0 Å². The molecular formula is C19H21NO4. The summed E-state index contributed by atoms with van der Waals surface area (Å²) in [6, 6.07) is 11.6. The first kappa shape index (κ1) is 16.1. The first-order valence-corrected chi connectivity index (χ1v) is 7.90. The first-order valence-electron chi connectivity index (χ1n) is 7.90. The molecule has 0 fully saturated rings. The lowest BCUT2D eigenvalue weighted by Crippen LogP contribution is -2.15. The Morgan fingerprint density at radius 1 is 1.04 bits per heavy atom. The van der Waals surface area contributed by atoms with Crippen molar-refractivity contribution in [3.05, 3.63) is 53.7 Å². The Hall–Kier alpha value is -2.82. The van der Waals surface area contributed by atoms with Crippen LogP contribution in [0.5, 0.6) is 23.0 Å². The Morgan fingerprint density at radius 2 is 1.75 bits per heavy atom. The van der Waals surface area contributed by atoms with Crippen molar-refractivity contribution in [2.24, 2.45) is 5.73 Å². The van der Waals surface area contributed by atoms with Crippen LogP contribution in [0.3, 0.4) is 0 Å². The van der Waals surface area contributed by atoms with Crippen molar-refractivity contribution in [1.82, 2.24) is 0 Å². The fourth-order valence-corrected chi connectivity index (χ4v) is 2.68. The Balaban J connectivity index is 1.99. The monoisotopic (exact) mass is 327 g/mol. The fourth-order valence-electron chi connectivity index (χ4n) is 2.68. The lowest BCUT2D eigenvalue weighted by molar-refractivity contribution is 0.171. The van der Waals surface area contributed by atoms with E-state index in [-0.39, 0.29) is 0 Å². The second-order valence-corrected chi connectivity index (χ2v) is 5.24. The SMILES string of the molecule is CCOc1cc(C(=CN)c2ccc3c(c2)OCCO3)ccc1OC. The van der Waals surface area contributed by atoms with Gasteiger partial charge in [0.05, 0.1) is 13.7 Å². The van der Waals surface area contributed by atoms with Gasteiger partial charge in [0.2, 0.25) is 0 Å². The Morgan fingerprint density at radius 3 is 2.46 bits per heavy atom. The van der Waals surface area contributed by atoms with Crippen LogP contribution in [0.15, 0.2) is 42.6 Å². The van der Waals surface area contributed by atoms with Gasteiger partial charge in [0, 0.05) is 11.8 Å². The van der Waals surface area contributed by atoms with E-state index in [2.05, 4.69) is 0 Å². The molecule has 2 aromatic carbocycles. The van der Waals surface area contributed by atoms with Gasteiger partial charge in [-0.15, -0.1) is 0 Å². The first-order chi connectivity index (χ1) is 11.8. The topological polar surface area (TPSA) is 62.9 Å². The zero-order valence-electron chi connectivity index (χ0n) is 13.9. The van der Waals surface area contributed by atoms with Gasteiger partial charge in [-0.05, 0) is 42.3 Å². The van der Waals surface area contributed by atoms with Gasteiger partial charge in [-0.2, -0.15) is 0 Å². The summed E-state index contributed by atoms with van der Waals surface area (Å²) in [5.41, 5.74) is 8.68. The molecule has 0 saturated carbocycles. The molecule has 3 rings (SSSR count). The van der Waals surface area contributed by atoms with Crippen LogP contribution in [-0.2, 0) is 0 Å². The van der Waals surface area contributed by atoms with Crippen molar-refractivity contribution in [2.75, 3.05) is 26.9 Å². The van der Waals surface area contributed by atoms with Crippen molar-refractivity contribution in [2.45, 2.75) is 6.92 Å². The van der Waals surface area contributed by atoms with E-state index < -0.39 is 0 Å². The second-order valence-electron chi connectivity index (χ2n) is 5.24. The number of hydrogen-bond donors (Lipinski definition) is 1. The average molecular weight is 327 g/mol. The van der Waals surface area contributed by atoms with Gasteiger partial charge in [-0.1, -0.05) is 12.1 Å². The molecule has 0 saturated heterocycles. The third-order valence-corrected chi connectivity index (χ3v) is 3.79. The standard InChI is InChI=1S/C19H21NO4/c1-3-22-18-10-13(4-6-16(18)21-2)15(12-20)14-5-7-17-19(11-14)24-9-8-23-17/h4-7,10-12H,3,8-9,20H2,1-2H3. The molecule has 5 heteroatoms. The summed E-state index contributed by atoms with van der Waals surface area (Å²) < 4.78 is 22.2. The van der Waals surface area contributed by atoms with Gasteiger partial charge in [0.25, 0.3) is 0 Å². The number of ether oxygens (including phenoxy) is 4. The van der Waals surface area contributed by atoms with Gasteiger partial charge in [-0.3, -0.25) is 0 Å². The van der Waals surface area contributed by atoms with Crippen LogP contribution < -0.4 is 24.7 Å². The van der Waals surface area contributed by atoms with Crippen LogP contribution in [0, 0.1) is 0 Å². The van der Waals surface area contributed by atoms with Crippen LogP contribution in [0.1, 0.15) is 18.1 Å². The highest BCUT2D eigenvalue weighted by molar-refractivity contribution is 5.81. The smallest absolute Gasteiger partial charge is 0.161 e. The van der Waals surface area contributed by atoms with Gasteiger partial charge in [0.15, 0.2) is 23.0 Å². The molecule has 1 heterocycles. The molecular weight excluding hydrogens is 306 g/mol. The molecule has 2 N–H and O–H groups in total. The maximum Gasteiger partial charge on any atom is 0.161 e. The number of benzene rings is 2. The quantitative estimate of drug-likeness (QED) is 0.913. The number of methoxy groups -OCH3 is 1. The minimum atomic E-state index is 0.551. The summed E-state index contributed by atoms with van der Waals surface area (Å²) >= 11 is 0. The van der Waals surface area contributed by atoms with Crippen LogP contribution in [0.25, 0.3) is 5.57 Å². The van der Waals surface area contributed by atoms with E-state index in [0.29, 0.717) is 31.3 Å². The number of hydrogen-bond acceptors (Lipinski definition) is 5. The molecule has 0 amide bonds. The molecule has 0 bridgehead atoms. The molecule has 2 aromatic rings. The molecule has 0 unspecified atom stereocenters. The van der Waals surface area contributed by atoms with E-state index in [1.807, 2.05) is 43.3 Å². The third kappa shape index (κ3) is 3.11. The Labute approximate surface area is 141 Å². The molecule has 0 spiro atoms. The van der Waals surface area contributed by atoms with E-state index in [1.165, 1.54) is 0 Å². The largest absolute Gasteiger partial charge is 0.493 e. The van der Waals surface area contributed by atoms with Crippen molar-refractivity contribution < 1.29 is 18.9 Å². The van der Waals surface area contributed by atoms with Crippen molar-refractivity contribution >= 4 is 5.57 Å². The predicted molar refractivity (Wildman–Crippen MR) is 92.9 cm³/mol. The molecule has 5 nitrogen and oxygen atoms in total. The molecule has 126 valence electrons. The van der Waals surface area contributed by atoms with Crippen LogP contribution in [0.4, 0.5) is 0 Å². The zero-order chi connectivity index (χ0) is 16.9. The highest BCUT2D eigenvalue weighted by atomic mass is 16.6. The summed E-state index contributed by atoms with van der Waals surface area (Å²) in [7, 11) is 1.62. The Bertz CT molecular complexity index is 755. The van der Waals surface area contributed by atoms with Gasteiger partial charge in [-0.25, -0.2) is 0 Å².